The average Bonchev–Trinajstić information content (AvgIpc) is 2.40. The molecule has 1 aliphatic heterocycles. The van der Waals surface area contributed by atoms with Crippen molar-refractivity contribution >= 4 is 31.6 Å². The molecule has 0 bridgehead atoms. The van der Waals surface area contributed by atoms with Gasteiger partial charge in [-0.25, -0.2) is 13.1 Å². The number of likely N-dealkylation sites (N-methyl/N-ethyl adjacent to an activating group) is 1. The molecule has 0 saturated carbocycles. The van der Waals surface area contributed by atoms with Gasteiger partial charge < -0.3 is 10.6 Å². The lowest BCUT2D eigenvalue weighted by Gasteiger charge is -2.32. The number of rotatable bonds is 5. The first-order valence-electron chi connectivity index (χ1n) is 6.84. The van der Waals surface area contributed by atoms with Crippen LogP contribution < -0.4 is 10.5 Å². The average molecular weight is 377 g/mol. The molecule has 1 aromatic carbocycles. The number of anilines is 1. The second-order valence-corrected chi connectivity index (χ2v) is 7.88. The molecule has 8 heteroatoms. The van der Waals surface area contributed by atoms with E-state index in [1.54, 1.807) is 12.1 Å². The summed E-state index contributed by atoms with van der Waals surface area (Å²) in [4.78, 5) is 4.65. The highest BCUT2D eigenvalue weighted by atomic mass is 79.9. The lowest BCUT2D eigenvalue weighted by Crippen LogP contribution is -2.46. The van der Waals surface area contributed by atoms with E-state index in [2.05, 4.69) is 37.5 Å². The molecule has 1 aliphatic rings. The van der Waals surface area contributed by atoms with Gasteiger partial charge in [0.1, 0.15) is 4.90 Å². The van der Waals surface area contributed by atoms with Gasteiger partial charge >= 0.3 is 0 Å². The largest absolute Gasteiger partial charge is 0.398 e. The van der Waals surface area contributed by atoms with Crippen molar-refractivity contribution in [1.29, 1.82) is 0 Å². The second kappa shape index (κ2) is 7.06. The van der Waals surface area contributed by atoms with Crippen LogP contribution in [0, 0.1) is 0 Å². The topological polar surface area (TPSA) is 78.7 Å². The number of nitrogen functional groups attached to an aromatic ring is 1. The molecule has 21 heavy (non-hydrogen) atoms. The zero-order valence-corrected chi connectivity index (χ0v) is 14.5. The van der Waals surface area contributed by atoms with E-state index < -0.39 is 10.0 Å². The highest BCUT2D eigenvalue weighted by molar-refractivity contribution is 9.10. The molecule has 1 heterocycles. The standard InChI is InChI=1S/C13H21BrN4O2S/c1-17-6-8-18(9-7-17)5-4-16-21(19,20)13-3-2-11(14)10-12(13)15/h2-3,10,16H,4-9,15H2,1H3. The smallest absolute Gasteiger partial charge is 0.242 e. The fourth-order valence-electron chi connectivity index (χ4n) is 2.25. The van der Waals surface area contributed by atoms with Gasteiger partial charge in [-0.05, 0) is 25.2 Å². The molecule has 3 N–H and O–H groups in total. The van der Waals surface area contributed by atoms with Gasteiger partial charge in [0.15, 0.2) is 0 Å². The minimum absolute atomic E-state index is 0.129. The van der Waals surface area contributed by atoms with Crippen LogP contribution >= 0.6 is 15.9 Å². The molecular weight excluding hydrogens is 356 g/mol. The summed E-state index contributed by atoms with van der Waals surface area (Å²) in [6, 6.07) is 4.78. The predicted molar refractivity (Wildman–Crippen MR) is 87.7 cm³/mol. The molecule has 2 rings (SSSR count). The number of nitrogens with zero attached hydrogens (tertiary/aromatic N) is 2. The van der Waals surface area contributed by atoms with Crippen molar-refractivity contribution in [2.45, 2.75) is 4.90 Å². The van der Waals surface area contributed by atoms with Gasteiger partial charge in [0.05, 0.1) is 5.69 Å². The molecule has 0 radical (unpaired) electrons. The molecule has 0 amide bonds. The maximum absolute atomic E-state index is 12.2. The van der Waals surface area contributed by atoms with Gasteiger partial charge in [-0.1, -0.05) is 15.9 Å². The zero-order valence-electron chi connectivity index (χ0n) is 12.0. The summed E-state index contributed by atoms with van der Waals surface area (Å²) >= 11 is 3.27. The SMILES string of the molecule is CN1CCN(CCNS(=O)(=O)c2ccc(Br)cc2N)CC1. The Bertz CT molecular complexity index is 586. The Morgan fingerprint density at radius 1 is 1.29 bits per heavy atom. The molecule has 1 aromatic rings. The van der Waals surface area contributed by atoms with E-state index in [0.29, 0.717) is 13.1 Å². The molecule has 0 aliphatic carbocycles. The Hall–Kier alpha value is -0.670. The molecule has 0 atom stereocenters. The number of benzene rings is 1. The molecule has 1 fully saturated rings. The molecular formula is C13H21BrN4O2S. The van der Waals surface area contributed by atoms with Gasteiger partial charge in [0.25, 0.3) is 0 Å². The number of hydrogen-bond donors (Lipinski definition) is 2. The number of piperazine rings is 1. The summed E-state index contributed by atoms with van der Waals surface area (Å²) in [6.07, 6.45) is 0. The maximum atomic E-state index is 12.2. The number of hydrogen-bond acceptors (Lipinski definition) is 5. The highest BCUT2D eigenvalue weighted by Gasteiger charge is 2.18. The summed E-state index contributed by atoms with van der Waals surface area (Å²) < 4.78 is 27.8. The second-order valence-electron chi connectivity index (χ2n) is 5.22. The number of nitrogens with one attached hydrogen (secondary N) is 1. The number of halogens is 1. The van der Waals surface area contributed by atoms with E-state index >= 15 is 0 Å². The summed E-state index contributed by atoms with van der Waals surface area (Å²) in [5.74, 6) is 0. The fourth-order valence-corrected chi connectivity index (χ4v) is 3.76. The molecule has 118 valence electrons. The van der Waals surface area contributed by atoms with Crippen molar-refractivity contribution in [2.24, 2.45) is 0 Å². The number of sulfonamides is 1. The third-order valence-corrected chi connectivity index (χ3v) is 5.61. The van der Waals surface area contributed by atoms with E-state index in [4.69, 9.17) is 5.73 Å². The first kappa shape index (κ1) is 16.7. The predicted octanol–water partition coefficient (Wildman–Crippen LogP) is 0.557. The van der Waals surface area contributed by atoms with E-state index in [9.17, 15) is 8.42 Å². The van der Waals surface area contributed by atoms with Crippen molar-refractivity contribution < 1.29 is 8.42 Å². The molecule has 0 aromatic heterocycles. The molecule has 6 nitrogen and oxygen atoms in total. The Morgan fingerprint density at radius 3 is 2.57 bits per heavy atom. The van der Waals surface area contributed by atoms with Crippen LogP contribution in [0.4, 0.5) is 5.69 Å². The van der Waals surface area contributed by atoms with Crippen LogP contribution in [0.15, 0.2) is 27.6 Å². The minimum Gasteiger partial charge on any atom is -0.398 e. The maximum Gasteiger partial charge on any atom is 0.242 e. The quantitative estimate of drug-likeness (QED) is 0.733. The van der Waals surface area contributed by atoms with E-state index in [-0.39, 0.29) is 10.6 Å². The lowest BCUT2D eigenvalue weighted by atomic mass is 10.3. The Kier molecular flexibility index (Phi) is 5.61. The van der Waals surface area contributed by atoms with E-state index in [1.165, 1.54) is 6.07 Å². The lowest BCUT2D eigenvalue weighted by molar-refractivity contribution is 0.156. The third kappa shape index (κ3) is 4.65. The summed E-state index contributed by atoms with van der Waals surface area (Å²) in [6.45, 7) is 5.08. The van der Waals surface area contributed by atoms with Gasteiger partial charge in [-0.15, -0.1) is 0 Å². The van der Waals surface area contributed by atoms with Crippen LogP contribution in [0.2, 0.25) is 0 Å². The van der Waals surface area contributed by atoms with Crippen molar-refractivity contribution in [3.05, 3.63) is 22.7 Å². The van der Waals surface area contributed by atoms with Crippen molar-refractivity contribution in [2.75, 3.05) is 52.0 Å². The van der Waals surface area contributed by atoms with Crippen LogP contribution in [0.5, 0.6) is 0 Å². The van der Waals surface area contributed by atoms with Crippen LogP contribution in [-0.2, 0) is 10.0 Å². The highest BCUT2D eigenvalue weighted by Crippen LogP contribution is 2.22. The van der Waals surface area contributed by atoms with Crippen molar-refractivity contribution in [3.8, 4) is 0 Å². The molecule has 1 saturated heterocycles. The summed E-state index contributed by atoms with van der Waals surface area (Å²) in [5, 5.41) is 0. The Balaban J connectivity index is 1.89. The molecule has 0 unspecified atom stereocenters. The van der Waals surface area contributed by atoms with E-state index in [0.717, 1.165) is 30.7 Å². The zero-order chi connectivity index (χ0) is 15.5. The first-order valence-corrected chi connectivity index (χ1v) is 9.12. The monoisotopic (exact) mass is 376 g/mol. The van der Waals surface area contributed by atoms with Crippen LogP contribution in [-0.4, -0.2) is 64.5 Å². The van der Waals surface area contributed by atoms with E-state index in [1.807, 2.05) is 0 Å². The fraction of sp³-hybridized carbons (Fsp3) is 0.538. The minimum atomic E-state index is -3.55. The van der Waals surface area contributed by atoms with Gasteiger partial charge in [-0.3, -0.25) is 4.90 Å². The Labute approximate surface area is 134 Å². The van der Waals surface area contributed by atoms with Crippen LogP contribution in [0.25, 0.3) is 0 Å². The van der Waals surface area contributed by atoms with Crippen molar-refractivity contribution in [3.63, 3.8) is 0 Å². The van der Waals surface area contributed by atoms with Gasteiger partial charge in [0, 0.05) is 43.7 Å². The first-order chi connectivity index (χ1) is 9.88. The number of nitrogens with two attached hydrogens (primary N) is 1. The summed E-state index contributed by atoms with van der Waals surface area (Å²) in [7, 11) is -1.46. The van der Waals surface area contributed by atoms with Crippen LogP contribution in [0.3, 0.4) is 0 Å². The van der Waals surface area contributed by atoms with Crippen LogP contribution in [0.1, 0.15) is 0 Å². The van der Waals surface area contributed by atoms with Gasteiger partial charge in [-0.2, -0.15) is 0 Å². The normalized spacial score (nSPS) is 18.0. The summed E-state index contributed by atoms with van der Waals surface area (Å²) in [5.41, 5.74) is 6.02. The Morgan fingerprint density at radius 2 is 1.95 bits per heavy atom. The third-order valence-electron chi connectivity index (χ3n) is 3.58. The van der Waals surface area contributed by atoms with Crippen molar-refractivity contribution in [1.82, 2.24) is 14.5 Å². The molecule has 0 spiro atoms. The van der Waals surface area contributed by atoms with Gasteiger partial charge in [0.2, 0.25) is 10.0 Å².